The van der Waals surface area contributed by atoms with E-state index in [1.54, 1.807) is 16.8 Å². The van der Waals surface area contributed by atoms with E-state index in [0.717, 1.165) is 5.56 Å². The summed E-state index contributed by atoms with van der Waals surface area (Å²) in [5.41, 5.74) is 2.33. The number of thioether (sulfide) groups is 1. The summed E-state index contributed by atoms with van der Waals surface area (Å²) in [5.74, 6) is 2.64. The Labute approximate surface area is 180 Å². The van der Waals surface area contributed by atoms with E-state index in [4.69, 9.17) is 9.47 Å². The van der Waals surface area contributed by atoms with Crippen LogP contribution in [0.3, 0.4) is 0 Å². The number of fused-ring (bicyclic) bond motifs is 1. The van der Waals surface area contributed by atoms with Crippen molar-refractivity contribution >= 4 is 17.7 Å². The molecule has 0 N–H and O–H groups in total. The number of nitrogens with zero attached hydrogens (tertiary/aromatic N) is 4. The van der Waals surface area contributed by atoms with Gasteiger partial charge in [0.05, 0.1) is 19.4 Å². The van der Waals surface area contributed by atoms with Crippen LogP contribution in [-0.4, -0.2) is 33.6 Å². The summed E-state index contributed by atoms with van der Waals surface area (Å²) in [6.07, 6.45) is 0. The van der Waals surface area contributed by atoms with E-state index in [-0.39, 0.29) is 12.5 Å². The van der Waals surface area contributed by atoms with E-state index in [1.165, 1.54) is 17.3 Å². The minimum absolute atomic E-state index is 0.0128. The van der Waals surface area contributed by atoms with Crippen LogP contribution in [0.5, 0.6) is 11.5 Å². The molecule has 0 atom stereocenters. The van der Waals surface area contributed by atoms with Crippen LogP contribution < -0.4 is 14.5 Å². The first-order valence-corrected chi connectivity index (χ1v) is 10.8. The number of hydrogen-bond donors (Lipinski definition) is 0. The molecular formula is C22H24N4O3S. The Morgan fingerprint density at radius 3 is 2.50 bits per heavy atom. The van der Waals surface area contributed by atoms with Crippen molar-refractivity contribution in [1.82, 2.24) is 14.9 Å². The summed E-state index contributed by atoms with van der Waals surface area (Å²) in [7, 11) is 1.60. The van der Waals surface area contributed by atoms with Crippen molar-refractivity contribution in [1.29, 1.82) is 0 Å². The smallest absolute Gasteiger partial charge is 0.252 e. The molecule has 1 aromatic heterocycles. The van der Waals surface area contributed by atoms with Gasteiger partial charge in [-0.15, -0.1) is 10.2 Å². The number of carbonyl (C=O) groups excluding carboxylic acids is 1. The average Bonchev–Trinajstić information content (AvgIpc) is 3.18. The van der Waals surface area contributed by atoms with Crippen LogP contribution in [0.4, 0.5) is 0 Å². The van der Waals surface area contributed by atoms with E-state index in [2.05, 4.69) is 48.3 Å². The SMILES string of the molecule is COc1ccccc1OCc1nnc2n1N(Cc1ccc(C(C)C)cc1)C(=O)CS2. The van der Waals surface area contributed by atoms with Crippen LogP contribution >= 0.6 is 11.8 Å². The quantitative estimate of drug-likeness (QED) is 0.575. The van der Waals surface area contributed by atoms with Gasteiger partial charge in [-0.1, -0.05) is 62.0 Å². The molecular weight excluding hydrogens is 400 g/mol. The lowest BCUT2D eigenvalue weighted by molar-refractivity contribution is -0.118. The molecule has 2 aromatic carbocycles. The summed E-state index contributed by atoms with van der Waals surface area (Å²) in [6, 6.07) is 15.8. The topological polar surface area (TPSA) is 69.5 Å². The molecule has 7 nitrogen and oxygen atoms in total. The fourth-order valence-corrected chi connectivity index (χ4v) is 4.08. The Morgan fingerprint density at radius 1 is 1.07 bits per heavy atom. The number of amides is 1. The molecule has 0 bridgehead atoms. The van der Waals surface area contributed by atoms with Crippen molar-refractivity contribution in [3.63, 3.8) is 0 Å². The summed E-state index contributed by atoms with van der Waals surface area (Å²) < 4.78 is 13.0. The third-order valence-electron chi connectivity index (χ3n) is 4.94. The van der Waals surface area contributed by atoms with Crippen molar-refractivity contribution < 1.29 is 14.3 Å². The maximum atomic E-state index is 12.7. The molecule has 1 amide bonds. The number of carbonyl (C=O) groups is 1. The summed E-state index contributed by atoms with van der Waals surface area (Å²) >= 11 is 1.39. The highest BCUT2D eigenvalue weighted by molar-refractivity contribution is 7.99. The van der Waals surface area contributed by atoms with Gasteiger partial charge in [-0.25, -0.2) is 9.69 Å². The van der Waals surface area contributed by atoms with Gasteiger partial charge in [-0.05, 0) is 29.2 Å². The summed E-state index contributed by atoms with van der Waals surface area (Å²) in [4.78, 5) is 12.7. The summed E-state index contributed by atoms with van der Waals surface area (Å²) in [5, 5.41) is 10.9. The third-order valence-corrected chi connectivity index (χ3v) is 5.84. The number of hydrogen-bond acceptors (Lipinski definition) is 6. The van der Waals surface area contributed by atoms with Crippen molar-refractivity contribution in [3.05, 3.63) is 65.5 Å². The molecule has 1 aliphatic heterocycles. The van der Waals surface area contributed by atoms with Crippen LogP contribution in [0, 0.1) is 0 Å². The zero-order chi connectivity index (χ0) is 21.1. The minimum Gasteiger partial charge on any atom is -0.493 e. The summed E-state index contributed by atoms with van der Waals surface area (Å²) in [6.45, 7) is 4.95. The Bertz CT molecular complexity index is 1030. The lowest BCUT2D eigenvalue weighted by atomic mass is 10.0. The maximum Gasteiger partial charge on any atom is 0.252 e. The number of methoxy groups -OCH3 is 1. The molecule has 8 heteroatoms. The Hall–Kier alpha value is -3.00. The van der Waals surface area contributed by atoms with Crippen molar-refractivity contribution in [2.24, 2.45) is 0 Å². The first kappa shape index (κ1) is 20.3. The highest BCUT2D eigenvalue weighted by Gasteiger charge is 2.29. The number of benzene rings is 2. The second-order valence-electron chi connectivity index (χ2n) is 7.29. The molecule has 1 aliphatic rings. The number of rotatable bonds is 7. The first-order valence-electron chi connectivity index (χ1n) is 9.79. The van der Waals surface area contributed by atoms with E-state index in [9.17, 15) is 4.79 Å². The monoisotopic (exact) mass is 424 g/mol. The Kier molecular flexibility index (Phi) is 5.94. The largest absolute Gasteiger partial charge is 0.493 e. The van der Waals surface area contributed by atoms with Gasteiger partial charge in [-0.2, -0.15) is 0 Å². The van der Waals surface area contributed by atoms with Crippen LogP contribution in [0.2, 0.25) is 0 Å². The first-order chi connectivity index (χ1) is 14.6. The molecule has 0 radical (unpaired) electrons. The number of ether oxygens (including phenoxy) is 2. The number of aromatic nitrogens is 3. The van der Waals surface area contributed by atoms with Gasteiger partial charge in [-0.3, -0.25) is 4.79 Å². The van der Waals surface area contributed by atoms with E-state index in [1.807, 2.05) is 24.3 Å². The predicted octanol–water partition coefficient (Wildman–Crippen LogP) is 3.76. The standard InChI is InChI=1S/C22H24N4O3S/c1-15(2)17-10-8-16(9-11-17)12-25-21(27)14-30-22-24-23-20(26(22)25)13-29-19-7-5-4-6-18(19)28-3/h4-11,15H,12-14H2,1-3H3. The number of para-hydroxylation sites is 2. The second kappa shape index (κ2) is 8.79. The van der Waals surface area contributed by atoms with Gasteiger partial charge in [0.2, 0.25) is 5.16 Å². The minimum atomic E-state index is 0.0128. The van der Waals surface area contributed by atoms with Crippen molar-refractivity contribution in [3.8, 4) is 11.5 Å². The van der Waals surface area contributed by atoms with Gasteiger partial charge in [0.15, 0.2) is 17.3 Å². The van der Waals surface area contributed by atoms with Gasteiger partial charge in [0.1, 0.15) is 6.61 Å². The molecule has 0 saturated carbocycles. The molecule has 4 rings (SSSR count). The maximum absolute atomic E-state index is 12.7. The molecule has 0 saturated heterocycles. The molecule has 3 aromatic rings. The zero-order valence-corrected chi connectivity index (χ0v) is 18.1. The van der Waals surface area contributed by atoms with Crippen LogP contribution in [0.15, 0.2) is 53.7 Å². The Balaban J connectivity index is 1.56. The van der Waals surface area contributed by atoms with Crippen LogP contribution in [-0.2, 0) is 17.9 Å². The lowest BCUT2D eigenvalue weighted by Gasteiger charge is -2.29. The van der Waals surface area contributed by atoms with Crippen molar-refractivity contribution in [2.45, 2.75) is 38.1 Å². The predicted molar refractivity (Wildman–Crippen MR) is 116 cm³/mol. The molecule has 0 fully saturated rings. The van der Waals surface area contributed by atoms with E-state index in [0.29, 0.717) is 40.7 Å². The van der Waals surface area contributed by atoms with Gasteiger partial charge >= 0.3 is 0 Å². The van der Waals surface area contributed by atoms with Gasteiger partial charge < -0.3 is 9.47 Å². The Morgan fingerprint density at radius 2 is 1.80 bits per heavy atom. The molecule has 2 heterocycles. The highest BCUT2D eigenvalue weighted by atomic mass is 32.2. The van der Waals surface area contributed by atoms with E-state index < -0.39 is 0 Å². The fourth-order valence-electron chi connectivity index (χ4n) is 3.25. The molecule has 0 spiro atoms. The second-order valence-corrected chi connectivity index (χ2v) is 8.23. The van der Waals surface area contributed by atoms with Crippen LogP contribution in [0.1, 0.15) is 36.7 Å². The molecule has 30 heavy (non-hydrogen) atoms. The molecule has 0 aliphatic carbocycles. The fraction of sp³-hybridized carbons (Fsp3) is 0.318. The van der Waals surface area contributed by atoms with E-state index >= 15 is 0 Å². The highest BCUT2D eigenvalue weighted by Crippen LogP contribution is 2.28. The zero-order valence-electron chi connectivity index (χ0n) is 17.2. The lowest BCUT2D eigenvalue weighted by Crippen LogP contribution is -2.45. The van der Waals surface area contributed by atoms with Gasteiger partial charge in [0, 0.05) is 0 Å². The molecule has 0 unspecified atom stereocenters. The van der Waals surface area contributed by atoms with Crippen molar-refractivity contribution in [2.75, 3.05) is 17.9 Å². The third kappa shape index (κ3) is 4.14. The van der Waals surface area contributed by atoms with Gasteiger partial charge in [0.25, 0.3) is 5.91 Å². The van der Waals surface area contributed by atoms with Crippen LogP contribution in [0.25, 0.3) is 0 Å². The normalized spacial score (nSPS) is 13.5. The molecule has 156 valence electrons. The average molecular weight is 425 g/mol.